The van der Waals surface area contributed by atoms with Gasteiger partial charge in [-0.05, 0) is 81.0 Å². The Bertz CT molecular complexity index is 414. The van der Waals surface area contributed by atoms with Crippen molar-refractivity contribution in [3.63, 3.8) is 0 Å². The minimum atomic E-state index is -0.265. The van der Waals surface area contributed by atoms with E-state index in [0.717, 1.165) is 30.6 Å². The topological polar surface area (TPSA) is 46.5 Å². The van der Waals surface area contributed by atoms with Gasteiger partial charge in [-0.2, -0.15) is 0 Å². The molecule has 0 radical (unpaired) electrons. The summed E-state index contributed by atoms with van der Waals surface area (Å²) < 4.78 is 5.37. The van der Waals surface area contributed by atoms with Crippen LogP contribution in [0.5, 0.6) is 0 Å². The zero-order valence-corrected chi connectivity index (χ0v) is 13.1. The van der Waals surface area contributed by atoms with Crippen molar-refractivity contribution in [3.05, 3.63) is 12.2 Å². The predicted molar refractivity (Wildman–Crippen MR) is 81.6 cm³/mol. The highest BCUT2D eigenvalue weighted by molar-refractivity contribution is 5.86. The third-order valence-corrected chi connectivity index (χ3v) is 6.31. The van der Waals surface area contributed by atoms with Crippen molar-refractivity contribution in [2.45, 2.75) is 51.9 Å². The molecule has 4 bridgehead atoms. The third-order valence-electron chi connectivity index (χ3n) is 6.31. The molecule has 0 aromatic carbocycles. The maximum atomic E-state index is 11.6. The highest BCUT2D eigenvalue weighted by atomic mass is 16.5. The van der Waals surface area contributed by atoms with Gasteiger partial charge in [-0.25, -0.2) is 4.79 Å². The van der Waals surface area contributed by atoms with Crippen molar-refractivity contribution in [2.24, 2.45) is 29.1 Å². The number of carbonyl (C=O) groups is 1. The number of hydrogen-bond acceptors (Lipinski definition) is 3. The summed E-state index contributed by atoms with van der Waals surface area (Å²) >= 11 is 0. The number of esters is 1. The fourth-order valence-corrected chi connectivity index (χ4v) is 5.85. The standard InChI is InChI=1S/C18H28O3/c1-12(2)17(20)21-6-4-18-10-13-7-14(11-18)9-15(8-13)16(18)3-5-19/h13-16,19H,1,3-11H2,2H3. The van der Waals surface area contributed by atoms with Gasteiger partial charge in [-0.15, -0.1) is 0 Å². The second kappa shape index (κ2) is 5.75. The van der Waals surface area contributed by atoms with Crippen LogP contribution in [0.4, 0.5) is 0 Å². The maximum Gasteiger partial charge on any atom is 0.333 e. The van der Waals surface area contributed by atoms with E-state index in [1.165, 1.54) is 32.1 Å². The Morgan fingerprint density at radius 1 is 1.29 bits per heavy atom. The molecule has 0 aromatic rings. The van der Waals surface area contributed by atoms with Gasteiger partial charge in [0.25, 0.3) is 0 Å². The quantitative estimate of drug-likeness (QED) is 0.603. The second-order valence-corrected chi connectivity index (χ2v) is 7.75. The third kappa shape index (κ3) is 2.77. The molecule has 4 saturated carbocycles. The van der Waals surface area contributed by atoms with Crippen molar-refractivity contribution < 1.29 is 14.6 Å². The van der Waals surface area contributed by atoms with Crippen LogP contribution in [0.1, 0.15) is 51.9 Å². The summed E-state index contributed by atoms with van der Waals surface area (Å²) in [6.07, 6.45) is 8.63. The van der Waals surface area contributed by atoms with Crippen LogP contribution < -0.4 is 0 Å². The summed E-state index contributed by atoms with van der Waals surface area (Å²) in [7, 11) is 0. The molecular weight excluding hydrogens is 264 g/mol. The fraction of sp³-hybridized carbons (Fsp3) is 0.833. The van der Waals surface area contributed by atoms with E-state index in [2.05, 4.69) is 6.58 Å². The van der Waals surface area contributed by atoms with E-state index in [-0.39, 0.29) is 5.97 Å². The van der Waals surface area contributed by atoms with Crippen LogP contribution in [0.15, 0.2) is 12.2 Å². The van der Waals surface area contributed by atoms with E-state index >= 15 is 0 Å². The maximum absolute atomic E-state index is 11.6. The molecule has 0 aliphatic heterocycles. The van der Waals surface area contributed by atoms with Crippen molar-refractivity contribution in [2.75, 3.05) is 13.2 Å². The van der Waals surface area contributed by atoms with Crippen molar-refractivity contribution in [3.8, 4) is 0 Å². The molecular formula is C18H28O3. The Balaban J connectivity index is 1.67. The van der Waals surface area contributed by atoms with Crippen LogP contribution in [-0.4, -0.2) is 24.3 Å². The largest absolute Gasteiger partial charge is 0.462 e. The number of aliphatic hydroxyl groups is 1. The van der Waals surface area contributed by atoms with Crippen LogP contribution >= 0.6 is 0 Å². The first-order valence-corrected chi connectivity index (χ1v) is 8.47. The molecule has 1 N–H and O–H groups in total. The first kappa shape index (κ1) is 15.1. The van der Waals surface area contributed by atoms with E-state index in [0.29, 0.717) is 30.1 Å². The molecule has 3 heteroatoms. The van der Waals surface area contributed by atoms with Crippen molar-refractivity contribution in [1.29, 1.82) is 0 Å². The van der Waals surface area contributed by atoms with Crippen molar-refractivity contribution >= 4 is 5.97 Å². The van der Waals surface area contributed by atoms with Crippen LogP contribution in [0, 0.1) is 29.1 Å². The minimum Gasteiger partial charge on any atom is -0.462 e. The molecule has 21 heavy (non-hydrogen) atoms. The van der Waals surface area contributed by atoms with Gasteiger partial charge in [0.05, 0.1) is 6.61 Å². The fourth-order valence-electron chi connectivity index (χ4n) is 5.85. The van der Waals surface area contributed by atoms with E-state index in [1.54, 1.807) is 6.92 Å². The number of rotatable bonds is 6. The lowest BCUT2D eigenvalue weighted by Crippen LogP contribution is -2.53. The molecule has 3 unspecified atom stereocenters. The Morgan fingerprint density at radius 3 is 2.52 bits per heavy atom. The average molecular weight is 292 g/mol. The van der Waals surface area contributed by atoms with Gasteiger partial charge >= 0.3 is 5.97 Å². The van der Waals surface area contributed by atoms with E-state index < -0.39 is 0 Å². The van der Waals surface area contributed by atoms with E-state index in [4.69, 9.17) is 4.74 Å². The van der Waals surface area contributed by atoms with Gasteiger partial charge in [-0.3, -0.25) is 0 Å². The molecule has 0 amide bonds. The molecule has 118 valence electrons. The number of aliphatic hydroxyl groups excluding tert-OH is 1. The highest BCUT2D eigenvalue weighted by Gasteiger charge is 2.56. The van der Waals surface area contributed by atoms with Crippen LogP contribution in [0.25, 0.3) is 0 Å². The van der Waals surface area contributed by atoms with Crippen molar-refractivity contribution in [1.82, 2.24) is 0 Å². The normalized spacial score (nSPS) is 40.3. The zero-order valence-electron chi connectivity index (χ0n) is 13.1. The smallest absolute Gasteiger partial charge is 0.333 e. The molecule has 4 rings (SSSR count). The second-order valence-electron chi connectivity index (χ2n) is 7.75. The van der Waals surface area contributed by atoms with Crippen LogP contribution in [-0.2, 0) is 9.53 Å². The summed E-state index contributed by atoms with van der Waals surface area (Å²) in [5.41, 5.74) is 0.805. The molecule has 0 spiro atoms. The van der Waals surface area contributed by atoms with Gasteiger partial charge in [0.15, 0.2) is 0 Å². The van der Waals surface area contributed by atoms with Gasteiger partial charge in [0.1, 0.15) is 0 Å². The first-order valence-electron chi connectivity index (χ1n) is 8.47. The molecule has 0 heterocycles. The zero-order chi connectivity index (χ0) is 15.0. The lowest BCUT2D eigenvalue weighted by atomic mass is 9.44. The lowest BCUT2D eigenvalue weighted by molar-refractivity contribution is -0.147. The summed E-state index contributed by atoms with van der Waals surface area (Å²) in [4.78, 5) is 11.6. The van der Waals surface area contributed by atoms with Crippen LogP contribution in [0.3, 0.4) is 0 Å². The molecule has 4 fully saturated rings. The molecule has 3 nitrogen and oxygen atoms in total. The minimum absolute atomic E-state index is 0.265. The molecule has 0 saturated heterocycles. The lowest BCUT2D eigenvalue weighted by Gasteiger charge is -2.61. The summed E-state index contributed by atoms with van der Waals surface area (Å²) in [6.45, 7) is 6.14. The summed E-state index contributed by atoms with van der Waals surface area (Å²) in [5.74, 6) is 2.95. The number of carbonyl (C=O) groups excluding carboxylic acids is 1. The van der Waals surface area contributed by atoms with E-state index in [9.17, 15) is 9.90 Å². The Kier molecular flexibility index (Phi) is 4.13. The molecule has 4 aliphatic rings. The Labute approximate surface area is 127 Å². The van der Waals surface area contributed by atoms with Gasteiger partial charge in [0.2, 0.25) is 0 Å². The SMILES string of the molecule is C=C(C)C(=O)OCCC12CC3CC(CC(C3)C1CCO)C2. The molecule has 0 aromatic heterocycles. The Hall–Kier alpha value is -0.830. The van der Waals surface area contributed by atoms with Gasteiger partial charge in [0, 0.05) is 12.2 Å². The van der Waals surface area contributed by atoms with Crippen LogP contribution in [0.2, 0.25) is 0 Å². The monoisotopic (exact) mass is 292 g/mol. The molecule has 4 aliphatic carbocycles. The first-order chi connectivity index (χ1) is 10.0. The van der Waals surface area contributed by atoms with Gasteiger partial charge in [-0.1, -0.05) is 6.58 Å². The summed E-state index contributed by atoms with van der Waals surface area (Å²) in [5, 5.41) is 9.45. The number of ether oxygens (including phenoxy) is 1. The van der Waals surface area contributed by atoms with Gasteiger partial charge < -0.3 is 9.84 Å². The van der Waals surface area contributed by atoms with E-state index in [1.807, 2.05) is 0 Å². The average Bonchev–Trinajstić information content (AvgIpc) is 2.42. The number of hydrogen-bond donors (Lipinski definition) is 1. The summed E-state index contributed by atoms with van der Waals surface area (Å²) in [6, 6.07) is 0. The Morgan fingerprint density at radius 2 is 1.95 bits per heavy atom. The molecule has 3 atom stereocenters. The highest BCUT2D eigenvalue weighted by Crippen LogP contribution is 2.64. The predicted octanol–water partition coefficient (Wildman–Crippen LogP) is 3.32.